The molecule has 2 atom stereocenters. The molecule has 132 valence electrons. The number of aromatic nitrogens is 1. The van der Waals surface area contributed by atoms with E-state index in [0.29, 0.717) is 23.8 Å². The zero-order valence-corrected chi connectivity index (χ0v) is 14.9. The molecule has 1 saturated heterocycles. The topological polar surface area (TPSA) is 99.6 Å². The van der Waals surface area contributed by atoms with E-state index in [-0.39, 0.29) is 36.6 Å². The highest BCUT2D eigenvalue weighted by molar-refractivity contribution is 7.13. The molecule has 7 nitrogen and oxygen atoms in total. The second-order valence-electron chi connectivity index (χ2n) is 6.64. The number of hydrogen-bond acceptors (Lipinski definition) is 5. The van der Waals surface area contributed by atoms with Crippen molar-refractivity contribution in [1.82, 2.24) is 9.88 Å². The fourth-order valence-corrected chi connectivity index (χ4v) is 3.41. The summed E-state index contributed by atoms with van der Waals surface area (Å²) in [5, 5.41) is 14.1. The van der Waals surface area contributed by atoms with Gasteiger partial charge in [0.1, 0.15) is 0 Å². The molecule has 24 heavy (non-hydrogen) atoms. The van der Waals surface area contributed by atoms with Crippen LogP contribution in [-0.4, -0.2) is 45.9 Å². The standard InChI is InChI=1S/C16H23N3O4S/c1-9(2)14(21)18-16-17-12(8-24-16)5-13(20)19-6-10(3)4-11(7-19)15(22)23/h8-11H,4-7H2,1-3H3,(H,22,23)(H,17,18,21). The molecule has 0 aliphatic carbocycles. The summed E-state index contributed by atoms with van der Waals surface area (Å²) in [6.07, 6.45) is 0.717. The molecule has 2 N–H and O–H groups in total. The van der Waals surface area contributed by atoms with Crippen LogP contribution >= 0.6 is 11.3 Å². The highest BCUT2D eigenvalue weighted by atomic mass is 32.1. The van der Waals surface area contributed by atoms with Gasteiger partial charge in [0.05, 0.1) is 18.0 Å². The van der Waals surface area contributed by atoms with Gasteiger partial charge < -0.3 is 15.3 Å². The van der Waals surface area contributed by atoms with Crippen LogP contribution in [-0.2, 0) is 20.8 Å². The van der Waals surface area contributed by atoms with E-state index in [0.717, 1.165) is 0 Å². The third-order valence-corrected chi connectivity index (χ3v) is 4.81. The molecule has 1 fully saturated rings. The Hall–Kier alpha value is -1.96. The number of carbonyl (C=O) groups excluding carboxylic acids is 2. The molecule has 1 aromatic heterocycles. The molecule has 1 aromatic rings. The van der Waals surface area contributed by atoms with Gasteiger partial charge in [-0.15, -0.1) is 11.3 Å². The number of carboxylic acids is 1. The molecule has 0 spiro atoms. The highest BCUT2D eigenvalue weighted by Gasteiger charge is 2.32. The predicted octanol–water partition coefficient (Wildman–Crippen LogP) is 1.85. The van der Waals surface area contributed by atoms with Crippen molar-refractivity contribution in [2.45, 2.75) is 33.6 Å². The van der Waals surface area contributed by atoms with Crippen molar-refractivity contribution in [1.29, 1.82) is 0 Å². The first-order valence-corrected chi connectivity index (χ1v) is 8.90. The lowest BCUT2D eigenvalue weighted by molar-refractivity contribution is -0.146. The molecule has 8 heteroatoms. The molecule has 2 unspecified atom stereocenters. The maximum absolute atomic E-state index is 12.4. The Labute approximate surface area is 145 Å². The van der Waals surface area contributed by atoms with E-state index < -0.39 is 11.9 Å². The van der Waals surface area contributed by atoms with Crippen LogP contribution in [0.5, 0.6) is 0 Å². The Balaban J connectivity index is 1.95. The third-order valence-electron chi connectivity index (χ3n) is 4.00. The fraction of sp³-hybridized carbons (Fsp3) is 0.625. The summed E-state index contributed by atoms with van der Waals surface area (Å²) in [5.74, 6) is -1.57. The zero-order valence-electron chi connectivity index (χ0n) is 14.1. The zero-order chi connectivity index (χ0) is 17.9. The molecule has 2 amide bonds. The van der Waals surface area contributed by atoms with Crippen LogP contribution in [0.4, 0.5) is 5.13 Å². The van der Waals surface area contributed by atoms with Crippen LogP contribution in [0, 0.1) is 17.8 Å². The van der Waals surface area contributed by atoms with Gasteiger partial charge in [-0.05, 0) is 12.3 Å². The summed E-state index contributed by atoms with van der Waals surface area (Å²) in [4.78, 5) is 41.2. The molecular weight excluding hydrogens is 330 g/mol. The molecule has 0 radical (unpaired) electrons. The summed E-state index contributed by atoms with van der Waals surface area (Å²) in [6.45, 7) is 6.37. The number of piperidine rings is 1. The quantitative estimate of drug-likeness (QED) is 0.841. The first-order chi connectivity index (χ1) is 11.3. The second kappa shape index (κ2) is 7.74. The number of amides is 2. The van der Waals surface area contributed by atoms with Crippen LogP contribution in [0.3, 0.4) is 0 Å². The number of hydrogen-bond donors (Lipinski definition) is 2. The van der Waals surface area contributed by atoms with Crippen LogP contribution in [0.2, 0.25) is 0 Å². The van der Waals surface area contributed by atoms with E-state index in [2.05, 4.69) is 10.3 Å². The number of nitrogens with zero attached hydrogens (tertiary/aromatic N) is 2. The molecule has 2 rings (SSSR count). The van der Waals surface area contributed by atoms with Gasteiger partial charge in [0.2, 0.25) is 11.8 Å². The van der Waals surface area contributed by atoms with Crippen molar-refractivity contribution < 1.29 is 19.5 Å². The minimum Gasteiger partial charge on any atom is -0.481 e. The summed E-state index contributed by atoms with van der Waals surface area (Å²) in [5.41, 5.74) is 0.592. The van der Waals surface area contributed by atoms with Crippen molar-refractivity contribution in [2.24, 2.45) is 17.8 Å². The Kier molecular flexibility index (Phi) is 5.93. The molecular formula is C16H23N3O4S. The first-order valence-electron chi connectivity index (χ1n) is 8.02. The van der Waals surface area contributed by atoms with E-state index in [4.69, 9.17) is 0 Å². The predicted molar refractivity (Wildman–Crippen MR) is 90.8 cm³/mol. The average molecular weight is 353 g/mol. The maximum Gasteiger partial charge on any atom is 0.308 e. The van der Waals surface area contributed by atoms with Gasteiger partial charge in [-0.25, -0.2) is 4.98 Å². The normalized spacial score (nSPS) is 20.9. The van der Waals surface area contributed by atoms with Crippen molar-refractivity contribution in [3.63, 3.8) is 0 Å². The van der Waals surface area contributed by atoms with Gasteiger partial charge in [0.25, 0.3) is 0 Å². The molecule has 0 aromatic carbocycles. The smallest absolute Gasteiger partial charge is 0.308 e. The minimum atomic E-state index is -0.855. The van der Waals surface area contributed by atoms with Gasteiger partial charge in [-0.3, -0.25) is 14.4 Å². The summed E-state index contributed by atoms with van der Waals surface area (Å²) < 4.78 is 0. The van der Waals surface area contributed by atoms with E-state index in [1.54, 1.807) is 24.1 Å². The number of anilines is 1. The molecule has 2 heterocycles. The van der Waals surface area contributed by atoms with E-state index in [1.165, 1.54) is 11.3 Å². The lowest BCUT2D eigenvalue weighted by Crippen LogP contribution is -2.46. The van der Waals surface area contributed by atoms with E-state index in [9.17, 15) is 19.5 Å². The van der Waals surface area contributed by atoms with Gasteiger partial charge >= 0.3 is 5.97 Å². The first kappa shape index (κ1) is 18.4. The van der Waals surface area contributed by atoms with Gasteiger partial charge in [0.15, 0.2) is 5.13 Å². The van der Waals surface area contributed by atoms with Crippen molar-refractivity contribution in [2.75, 3.05) is 18.4 Å². The lowest BCUT2D eigenvalue weighted by Gasteiger charge is -2.34. The summed E-state index contributed by atoms with van der Waals surface area (Å²) in [6, 6.07) is 0. The maximum atomic E-state index is 12.4. The van der Waals surface area contributed by atoms with E-state index >= 15 is 0 Å². The molecule has 0 saturated carbocycles. The van der Waals surface area contributed by atoms with Crippen molar-refractivity contribution in [3.05, 3.63) is 11.1 Å². The number of aliphatic carboxylic acids is 1. The van der Waals surface area contributed by atoms with E-state index in [1.807, 2.05) is 6.92 Å². The van der Waals surface area contributed by atoms with Crippen LogP contribution in [0.1, 0.15) is 32.9 Å². The van der Waals surface area contributed by atoms with Crippen molar-refractivity contribution in [3.8, 4) is 0 Å². The number of carbonyl (C=O) groups is 3. The Morgan fingerprint density at radius 3 is 2.75 bits per heavy atom. The van der Waals surface area contributed by atoms with Gasteiger partial charge in [-0.2, -0.15) is 0 Å². The summed E-state index contributed by atoms with van der Waals surface area (Å²) in [7, 11) is 0. The lowest BCUT2D eigenvalue weighted by atomic mass is 9.90. The van der Waals surface area contributed by atoms with Crippen LogP contribution in [0.25, 0.3) is 0 Å². The minimum absolute atomic E-state index is 0.114. The number of likely N-dealkylation sites (tertiary alicyclic amines) is 1. The highest BCUT2D eigenvalue weighted by Crippen LogP contribution is 2.23. The molecule has 0 bridgehead atoms. The monoisotopic (exact) mass is 353 g/mol. The number of thiazole rings is 1. The number of nitrogens with one attached hydrogen (secondary N) is 1. The van der Waals surface area contributed by atoms with Crippen LogP contribution < -0.4 is 5.32 Å². The Bertz CT molecular complexity index is 629. The largest absolute Gasteiger partial charge is 0.481 e. The second-order valence-corrected chi connectivity index (χ2v) is 7.50. The van der Waals surface area contributed by atoms with Gasteiger partial charge in [-0.1, -0.05) is 20.8 Å². The SMILES string of the molecule is CC1CC(C(=O)O)CN(C(=O)Cc2csc(NC(=O)C(C)C)n2)C1. The third kappa shape index (κ3) is 4.77. The van der Waals surface area contributed by atoms with Crippen LogP contribution in [0.15, 0.2) is 5.38 Å². The number of carboxylic acid groups (broad SMARTS) is 1. The molecule has 1 aliphatic rings. The van der Waals surface area contributed by atoms with Gasteiger partial charge in [0, 0.05) is 24.4 Å². The summed E-state index contributed by atoms with van der Waals surface area (Å²) >= 11 is 1.28. The Morgan fingerprint density at radius 1 is 1.42 bits per heavy atom. The molecule has 1 aliphatic heterocycles. The fourth-order valence-electron chi connectivity index (χ4n) is 2.70. The average Bonchev–Trinajstić information content (AvgIpc) is 2.93. The Morgan fingerprint density at radius 2 is 2.12 bits per heavy atom. The number of rotatable bonds is 5. The van der Waals surface area contributed by atoms with Crippen molar-refractivity contribution >= 4 is 34.3 Å².